The van der Waals surface area contributed by atoms with Crippen molar-refractivity contribution in [1.29, 1.82) is 0 Å². The molecule has 0 radical (unpaired) electrons. The number of hydrogen-bond donors (Lipinski definition) is 1. The van der Waals surface area contributed by atoms with Gasteiger partial charge in [0.25, 0.3) is 5.56 Å². The van der Waals surface area contributed by atoms with Crippen LogP contribution >= 0.6 is 11.3 Å². The molecule has 2 aliphatic rings. The second-order valence-corrected chi connectivity index (χ2v) is 9.23. The molecule has 1 unspecified atom stereocenters. The Morgan fingerprint density at radius 3 is 2.62 bits per heavy atom. The summed E-state index contributed by atoms with van der Waals surface area (Å²) in [7, 11) is 0. The van der Waals surface area contributed by atoms with Gasteiger partial charge in [0, 0.05) is 42.1 Å². The van der Waals surface area contributed by atoms with Crippen LogP contribution in [0, 0.1) is 12.8 Å². The van der Waals surface area contributed by atoms with Crippen LogP contribution in [0.2, 0.25) is 0 Å². The van der Waals surface area contributed by atoms with E-state index in [1.807, 2.05) is 12.3 Å². The number of carbonyl (C=O) groups excluding carboxylic acids is 1. The summed E-state index contributed by atoms with van der Waals surface area (Å²) in [5, 5.41) is 5.36. The van der Waals surface area contributed by atoms with Crippen LogP contribution in [0.3, 0.4) is 0 Å². The van der Waals surface area contributed by atoms with Gasteiger partial charge in [0.15, 0.2) is 5.13 Å². The number of hydrogen-bond acceptors (Lipinski definition) is 5. The number of pyridine rings is 1. The van der Waals surface area contributed by atoms with E-state index in [-0.39, 0.29) is 11.5 Å². The fourth-order valence-corrected chi connectivity index (χ4v) is 5.33. The van der Waals surface area contributed by atoms with Crippen molar-refractivity contribution in [2.45, 2.75) is 64.3 Å². The molecule has 7 heteroatoms. The van der Waals surface area contributed by atoms with Gasteiger partial charge in [-0.15, -0.1) is 11.3 Å². The molecule has 2 aromatic rings. The van der Waals surface area contributed by atoms with Crippen LogP contribution < -0.4 is 15.8 Å². The molecule has 2 aromatic heterocycles. The number of amides is 1. The minimum atomic E-state index is -0.498. The van der Waals surface area contributed by atoms with E-state index >= 15 is 0 Å². The fraction of sp³-hybridized carbons (Fsp3) is 0.591. The second-order valence-electron chi connectivity index (χ2n) is 8.34. The first-order valence-electron chi connectivity index (χ1n) is 10.8. The van der Waals surface area contributed by atoms with Crippen molar-refractivity contribution in [2.75, 3.05) is 23.3 Å². The molecular weight excluding hydrogens is 384 g/mol. The van der Waals surface area contributed by atoms with Gasteiger partial charge in [-0.2, -0.15) is 0 Å². The molecule has 6 nitrogen and oxygen atoms in total. The second kappa shape index (κ2) is 9.11. The lowest BCUT2D eigenvalue weighted by atomic mass is 9.84. The van der Waals surface area contributed by atoms with Crippen LogP contribution in [0.15, 0.2) is 28.5 Å². The van der Waals surface area contributed by atoms with Gasteiger partial charge < -0.3 is 14.8 Å². The van der Waals surface area contributed by atoms with E-state index in [0.29, 0.717) is 17.5 Å². The van der Waals surface area contributed by atoms with Crippen LogP contribution in [0.5, 0.6) is 0 Å². The van der Waals surface area contributed by atoms with Gasteiger partial charge in [0.05, 0.1) is 0 Å². The molecule has 1 saturated heterocycles. The largest absolute Gasteiger partial charge is 0.371 e. The van der Waals surface area contributed by atoms with E-state index in [0.717, 1.165) is 37.3 Å². The van der Waals surface area contributed by atoms with E-state index < -0.39 is 6.04 Å². The predicted octanol–water partition coefficient (Wildman–Crippen LogP) is 4.36. The SMILES string of the molecule is Cc1cc(N2CCCC2)cc(=O)n1C(CC1CCCCC1)C(=O)Nc1nccs1. The number of anilines is 2. The molecule has 1 saturated carbocycles. The van der Waals surface area contributed by atoms with Gasteiger partial charge in [0.2, 0.25) is 5.91 Å². The molecule has 1 aliphatic heterocycles. The third kappa shape index (κ3) is 4.71. The van der Waals surface area contributed by atoms with Crippen LogP contribution in [0.4, 0.5) is 10.8 Å². The van der Waals surface area contributed by atoms with E-state index in [1.165, 1.54) is 43.4 Å². The highest BCUT2D eigenvalue weighted by molar-refractivity contribution is 7.13. The summed E-state index contributed by atoms with van der Waals surface area (Å²) >= 11 is 1.40. The lowest BCUT2D eigenvalue weighted by Gasteiger charge is -2.29. The lowest BCUT2D eigenvalue weighted by molar-refractivity contribution is -0.120. The summed E-state index contributed by atoms with van der Waals surface area (Å²) in [5.74, 6) is 0.352. The Kier molecular flexibility index (Phi) is 6.33. The molecule has 4 rings (SSSR count). The predicted molar refractivity (Wildman–Crippen MR) is 118 cm³/mol. The van der Waals surface area contributed by atoms with Crippen molar-refractivity contribution < 1.29 is 4.79 Å². The maximum Gasteiger partial charge on any atom is 0.253 e. The number of aromatic nitrogens is 2. The quantitative estimate of drug-likeness (QED) is 0.762. The van der Waals surface area contributed by atoms with Gasteiger partial charge in [-0.1, -0.05) is 32.1 Å². The maximum atomic E-state index is 13.2. The summed E-state index contributed by atoms with van der Waals surface area (Å²) in [5.41, 5.74) is 1.76. The van der Waals surface area contributed by atoms with E-state index in [9.17, 15) is 9.59 Å². The molecule has 3 heterocycles. The number of aryl methyl sites for hydroxylation is 1. The van der Waals surface area contributed by atoms with Crippen LogP contribution in [-0.4, -0.2) is 28.5 Å². The first-order valence-corrected chi connectivity index (χ1v) is 11.7. The first-order chi connectivity index (χ1) is 14.1. The Balaban J connectivity index is 1.63. The summed E-state index contributed by atoms with van der Waals surface area (Å²) in [6.07, 6.45) is 10.7. The van der Waals surface area contributed by atoms with Gasteiger partial charge in [-0.05, 0) is 38.2 Å². The number of nitrogens with one attached hydrogen (secondary N) is 1. The van der Waals surface area contributed by atoms with E-state index in [1.54, 1.807) is 16.8 Å². The first kappa shape index (κ1) is 20.1. The van der Waals surface area contributed by atoms with Crippen LogP contribution in [0.1, 0.15) is 63.1 Å². The number of carbonyl (C=O) groups is 1. The Morgan fingerprint density at radius 2 is 1.97 bits per heavy atom. The molecule has 0 aromatic carbocycles. The van der Waals surface area contributed by atoms with Crippen molar-refractivity contribution >= 4 is 28.1 Å². The molecular formula is C22H30N4O2S. The molecule has 156 valence electrons. The zero-order valence-corrected chi connectivity index (χ0v) is 17.9. The molecule has 0 bridgehead atoms. The van der Waals surface area contributed by atoms with Gasteiger partial charge in [0.1, 0.15) is 6.04 Å². The van der Waals surface area contributed by atoms with E-state index in [2.05, 4.69) is 21.3 Å². The smallest absolute Gasteiger partial charge is 0.253 e. The lowest BCUT2D eigenvalue weighted by Crippen LogP contribution is -2.36. The van der Waals surface area contributed by atoms with Gasteiger partial charge >= 0.3 is 0 Å². The van der Waals surface area contributed by atoms with Crippen molar-refractivity contribution in [2.24, 2.45) is 5.92 Å². The Morgan fingerprint density at radius 1 is 1.21 bits per heavy atom. The van der Waals surface area contributed by atoms with Crippen molar-refractivity contribution in [3.8, 4) is 0 Å². The Bertz CT molecular complexity index is 881. The average Bonchev–Trinajstić information content (AvgIpc) is 3.41. The van der Waals surface area contributed by atoms with Gasteiger partial charge in [-0.3, -0.25) is 9.59 Å². The minimum absolute atomic E-state index is 0.0815. The number of rotatable bonds is 6. The zero-order valence-electron chi connectivity index (χ0n) is 17.1. The normalized spacial score (nSPS) is 18.7. The molecule has 1 atom stereocenters. The highest BCUT2D eigenvalue weighted by Crippen LogP contribution is 2.32. The Hall–Kier alpha value is -2.15. The molecule has 1 amide bonds. The number of thiazole rings is 1. The molecule has 0 spiro atoms. The van der Waals surface area contributed by atoms with Crippen molar-refractivity contribution in [3.05, 3.63) is 39.8 Å². The average molecular weight is 415 g/mol. The highest BCUT2D eigenvalue weighted by atomic mass is 32.1. The topological polar surface area (TPSA) is 67.2 Å². The number of nitrogens with zero attached hydrogens (tertiary/aromatic N) is 3. The monoisotopic (exact) mass is 414 g/mol. The molecule has 29 heavy (non-hydrogen) atoms. The Labute approximate surface area is 176 Å². The summed E-state index contributed by atoms with van der Waals surface area (Å²) in [4.78, 5) is 32.8. The maximum absolute atomic E-state index is 13.2. The van der Waals surface area contributed by atoms with Crippen molar-refractivity contribution in [1.82, 2.24) is 9.55 Å². The third-order valence-electron chi connectivity index (χ3n) is 6.27. The zero-order chi connectivity index (χ0) is 20.2. The highest BCUT2D eigenvalue weighted by Gasteiger charge is 2.28. The standard InChI is InChI=1S/C22H30N4O2S/c1-16-13-18(25-10-5-6-11-25)15-20(27)26(16)19(14-17-7-3-2-4-8-17)21(28)24-22-23-9-12-29-22/h9,12-13,15,17,19H,2-8,10-11,14H2,1H3,(H,23,24,28). The summed E-state index contributed by atoms with van der Waals surface area (Å²) in [6.45, 7) is 3.95. The van der Waals surface area contributed by atoms with Crippen LogP contribution in [0.25, 0.3) is 0 Å². The van der Waals surface area contributed by atoms with E-state index in [4.69, 9.17) is 0 Å². The molecule has 2 fully saturated rings. The fourth-order valence-electron chi connectivity index (χ4n) is 4.79. The van der Waals surface area contributed by atoms with Crippen molar-refractivity contribution in [3.63, 3.8) is 0 Å². The molecule has 1 N–H and O–H groups in total. The third-order valence-corrected chi connectivity index (χ3v) is 6.96. The summed E-state index contributed by atoms with van der Waals surface area (Å²) < 4.78 is 1.71. The molecule has 1 aliphatic carbocycles. The van der Waals surface area contributed by atoms with Gasteiger partial charge in [-0.25, -0.2) is 4.98 Å². The minimum Gasteiger partial charge on any atom is -0.371 e. The van der Waals surface area contributed by atoms with Crippen LogP contribution in [-0.2, 0) is 4.79 Å². The summed E-state index contributed by atoms with van der Waals surface area (Å²) in [6, 6.07) is 3.28.